The Bertz CT molecular complexity index is 274. The monoisotopic (exact) mass is 266 g/mol. The number of carbonyl (C=O) groups excluding carboxylic acids is 1. The molecule has 0 radical (unpaired) electrons. The third-order valence-electron chi connectivity index (χ3n) is 5.12. The van der Waals surface area contributed by atoms with Crippen molar-refractivity contribution in [2.75, 3.05) is 19.6 Å². The summed E-state index contributed by atoms with van der Waals surface area (Å²) in [6.07, 6.45) is 9.35. The predicted molar refractivity (Wildman–Crippen MR) is 78.7 cm³/mol. The fourth-order valence-corrected chi connectivity index (χ4v) is 4.00. The lowest BCUT2D eigenvalue weighted by Crippen LogP contribution is -2.29. The van der Waals surface area contributed by atoms with E-state index < -0.39 is 0 Å². The molecule has 1 saturated heterocycles. The van der Waals surface area contributed by atoms with Crippen molar-refractivity contribution in [2.24, 2.45) is 23.5 Å². The predicted octanol–water partition coefficient (Wildman–Crippen LogP) is 2.79. The van der Waals surface area contributed by atoms with Crippen LogP contribution in [0.2, 0.25) is 0 Å². The summed E-state index contributed by atoms with van der Waals surface area (Å²) in [6.45, 7) is 5.05. The lowest BCUT2D eigenvalue weighted by molar-refractivity contribution is -0.130. The largest absolute Gasteiger partial charge is 0.342 e. The molecule has 2 rings (SSSR count). The van der Waals surface area contributed by atoms with Gasteiger partial charge in [0, 0.05) is 19.5 Å². The summed E-state index contributed by atoms with van der Waals surface area (Å²) in [5.41, 5.74) is 5.65. The van der Waals surface area contributed by atoms with Crippen LogP contribution in [0.1, 0.15) is 58.3 Å². The highest BCUT2D eigenvalue weighted by molar-refractivity contribution is 5.76. The first-order chi connectivity index (χ1) is 9.24. The molecule has 2 aliphatic rings. The molecule has 0 bridgehead atoms. The molecule has 1 amide bonds. The average Bonchev–Trinajstić information content (AvgIpc) is 2.96. The molecule has 0 aromatic rings. The Hall–Kier alpha value is -0.570. The molecule has 2 fully saturated rings. The minimum atomic E-state index is 0.396. The molecule has 3 atom stereocenters. The number of hydrogen-bond acceptors (Lipinski definition) is 2. The number of hydrogen-bond donors (Lipinski definition) is 1. The molecule has 1 aliphatic carbocycles. The van der Waals surface area contributed by atoms with E-state index in [0.29, 0.717) is 11.8 Å². The first-order valence-electron chi connectivity index (χ1n) is 8.22. The van der Waals surface area contributed by atoms with Crippen LogP contribution in [0.25, 0.3) is 0 Å². The molecular formula is C16H30N2O. The number of carbonyl (C=O) groups is 1. The van der Waals surface area contributed by atoms with Crippen LogP contribution in [0.5, 0.6) is 0 Å². The number of rotatable bonds is 7. The maximum atomic E-state index is 12.3. The normalized spacial score (nSPS) is 27.6. The van der Waals surface area contributed by atoms with E-state index in [4.69, 9.17) is 5.73 Å². The lowest BCUT2D eigenvalue weighted by atomic mass is 9.94. The fourth-order valence-electron chi connectivity index (χ4n) is 4.00. The number of likely N-dealkylation sites (tertiary alicyclic amines) is 1. The fraction of sp³-hybridized carbons (Fsp3) is 0.938. The van der Waals surface area contributed by atoms with Crippen molar-refractivity contribution in [2.45, 2.75) is 58.3 Å². The molecule has 3 heteroatoms. The van der Waals surface area contributed by atoms with Gasteiger partial charge in [0.1, 0.15) is 0 Å². The van der Waals surface area contributed by atoms with E-state index in [1.165, 1.54) is 32.1 Å². The highest BCUT2D eigenvalue weighted by atomic mass is 16.2. The second-order valence-electron chi connectivity index (χ2n) is 6.52. The van der Waals surface area contributed by atoms with E-state index in [-0.39, 0.29) is 0 Å². The standard InChI is InChI=1S/C16H30N2O/c1-2-4-13(9-10-17)7-8-16(19)18-11-14-5-3-6-15(14)12-18/h13-15H,2-12,17H2,1H3. The highest BCUT2D eigenvalue weighted by Gasteiger charge is 2.37. The quantitative estimate of drug-likeness (QED) is 0.770. The molecule has 0 aromatic carbocycles. The maximum absolute atomic E-state index is 12.3. The van der Waals surface area contributed by atoms with E-state index >= 15 is 0 Å². The van der Waals surface area contributed by atoms with Crippen LogP contribution in [0, 0.1) is 17.8 Å². The molecule has 3 unspecified atom stereocenters. The van der Waals surface area contributed by atoms with E-state index in [2.05, 4.69) is 11.8 Å². The van der Waals surface area contributed by atoms with Gasteiger partial charge in [0.15, 0.2) is 0 Å². The van der Waals surface area contributed by atoms with Gasteiger partial charge < -0.3 is 10.6 Å². The van der Waals surface area contributed by atoms with Gasteiger partial charge >= 0.3 is 0 Å². The van der Waals surface area contributed by atoms with Crippen LogP contribution < -0.4 is 5.73 Å². The van der Waals surface area contributed by atoms with Gasteiger partial charge in [0.2, 0.25) is 5.91 Å². The Morgan fingerprint density at radius 1 is 1.21 bits per heavy atom. The summed E-state index contributed by atoms with van der Waals surface area (Å²) >= 11 is 0. The average molecular weight is 266 g/mol. The molecule has 1 saturated carbocycles. The van der Waals surface area contributed by atoms with Crippen LogP contribution in [0.15, 0.2) is 0 Å². The van der Waals surface area contributed by atoms with E-state index in [9.17, 15) is 4.79 Å². The van der Waals surface area contributed by atoms with Crippen LogP contribution in [0.3, 0.4) is 0 Å². The highest BCUT2D eigenvalue weighted by Crippen LogP contribution is 2.38. The van der Waals surface area contributed by atoms with Gasteiger partial charge in [0.25, 0.3) is 0 Å². The van der Waals surface area contributed by atoms with Gasteiger partial charge in [-0.05, 0) is 50.0 Å². The van der Waals surface area contributed by atoms with Gasteiger partial charge in [-0.1, -0.05) is 26.2 Å². The molecule has 0 aromatic heterocycles. The Balaban J connectivity index is 1.72. The number of nitrogens with two attached hydrogens (primary N) is 1. The third-order valence-corrected chi connectivity index (χ3v) is 5.12. The van der Waals surface area contributed by atoms with Crippen molar-refractivity contribution >= 4 is 5.91 Å². The van der Waals surface area contributed by atoms with Crippen molar-refractivity contribution < 1.29 is 4.79 Å². The number of nitrogens with zero attached hydrogens (tertiary/aromatic N) is 1. The molecule has 1 aliphatic heterocycles. The second kappa shape index (κ2) is 7.28. The zero-order chi connectivity index (χ0) is 13.7. The van der Waals surface area contributed by atoms with Crippen LogP contribution in [-0.4, -0.2) is 30.4 Å². The van der Waals surface area contributed by atoms with Crippen molar-refractivity contribution in [3.8, 4) is 0 Å². The van der Waals surface area contributed by atoms with Gasteiger partial charge in [-0.3, -0.25) is 4.79 Å². The van der Waals surface area contributed by atoms with Gasteiger partial charge in [-0.15, -0.1) is 0 Å². The summed E-state index contributed by atoms with van der Waals surface area (Å²) in [5.74, 6) is 2.69. The number of amides is 1. The molecule has 0 spiro atoms. The first kappa shape index (κ1) is 14.8. The minimum absolute atomic E-state index is 0.396. The van der Waals surface area contributed by atoms with E-state index in [1.807, 2.05) is 0 Å². The lowest BCUT2D eigenvalue weighted by Gasteiger charge is -2.20. The molecule has 2 N–H and O–H groups in total. The smallest absolute Gasteiger partial charge is 0.222 e. The van der Waals surface area contributed by atoms with Crippen LogP contribution in [0.4, 0.5) is 0 Å². The van der Waals surface area contributed by atoms with Crippen molar-refractivity contribution in [3.63, 3.8) is 0 Å². The van der Waals surface area contributed by atoms with Gasteiger partial charge in [-0.2, -0.15) is 0 Å². The van der Waals surface area contributed by atoms with Crippen LogP contribution in [-0.2, 0) is 4.79 Å². The molecular weight excluding hydrogens is 236 g/mol. The zero-order valence-electron chi connectivity index (χ0n) is 12.4. The molecule has 110 valence electrons. The molecule has 1 heterocycles. The van der Waals surface area contributed by atoms with Crippen molar-refractivity contribution in [3.05, 3.63) is 0 Å². The molecule has 3 nitrogen and oxygen atoms in total. The summed E-state index contributed by atoms with van der Waals surface area (Å²) in [4.78, 5) is 14.4. The topological polar surface area (TPSA) is 46.3 Å². The Labute approximate surface area is 117 Å². The van der Waals surface area contributed by atoms with E-state index in [1.54, 1.807) is 0 Å². The van der Waals surface area contributed by atoms with Crippen molar-refractivity contribution in [1.82, 2.24) is 4.90 Å². The Kier molecular flexibility index (Phi) is 5.68. The minimum Gasteiger partial charge on any atom is -0.342 e. The van der Waals surface area contributed by atoms with Gasteiger partial charge in [0.05, 0.1) is 0 Å². The summed E-state index contributed by atoms with van der Waals surface area (Å²) in [7, 11) is 0. The summed E-state index contributed by atoms with van der Waals surface area (Å²) < 4.78 is 0. The third kappa shape index (κ3) is 3.95. The Morgan fingerprint density at radius 2 is 1.89 bits per heavy atom. The number of fused-ring (bicyclic) bond motifs is 1. The summed E-state index contributed by atoms with van der Waals surface area (Å²) in [6, 6.07) is 0. The zero-order valence-corrected chi connectivity index (χ0v) is 12.4. The van der Waals surface area contributed by atoms with E-state index in [0.717, 1.165) is 50.7 Å². The first-order valence-corrected chi connectivity index (χ1v) is 8.22. The Morgan fingerprint density at radius 3 is 2.47 bits per heavy atom. The van der Waals surface area contributed by atoms with Gasteiger partial charge in [-0.25, -0.2) is 0 Å². The van der Waals surface area contributed by atoms with Crippen molar-refractivity contribution in [1.29, 1.82) is 0 Å². The maximum Gasteiger partial charge on any atom is 0.222 e. The SMILES string of the molecule is CCCC(CCN)CCC(=O)N1CC2CCCC2C1. The second-order valence-corrected chi connectivity index (χ2v) is 6.52. The van der Waals surface area contributed by atoms with Crippen LogP contribution >= 0.6 is 0 Å². The molecule has 19 heavy (non-hydrogen) atoms. The summed E-state index contributed by atoms with van der Waals surface area (Å²) in [5, 5.41) is 0.